The number of rotatable bonds is 5. The summed E-state index contributed by atoms with van der Waals surface area (Å²) in [7, 11) is 2.29. The van der Waals surface area contributed by atoms with Gasteiger partial charge in [-0.05, 0) is 41.3 Å². The first-order valence-electron chi connectivity index (χ1n) is 9.92. The average molecular weight is 477 g/mol. The fourth-order valence-corrected chi connectivity index (χ4v) is 3.84. The molecule has 4 nitrogen and oxygen atoms in total. The Morgan fingerprint density at radius 3 is 1.91 bits per heavy atom. The Kier molecular flexibility index (Phi) is 7.12. The molecular formula is C25H20ClF3O4. The molecule has 33 heavy (non-hydrogen) atoms. The Balaban J connectivity index is 2.36. The summed E-state index contributed by atoms with van der Waals surface area (Å²) < 4.78 is 48.9. The summed E-state index contributed by atoms with van der Waals surface area (Å²) in [4.78, 5) is 25.3. The Morgan fingerprint density at radius 2 is 1.42 bits per heavy atom. The van der Waals surface area contributed by atoms with Crippen molar-refractivity contribution in [3.05, 3.63) is 81.9 Å². The summed E-state index contributed by atoms with van der Waals surface area (Å²) in [5.74, 6) is -1.69. The van der Waals surface area contributed by atoms with Gasteiger partial charge in [0, 0.05) is 11.1 Å². The second-order valence-corrected chi connectivity index (χ2v) is 7.52. The van der Waals surface area contributed by atoms with Gasteiger partial charge in [-0.25, -0.2) is 9.59 Å². The van der Waals surface area contributed by atoms with Crippen molar-refractivity contribution in [2.45, 2.75) is 19.5 Å². The first-order valence-corrected chi connectivity index (χ1v) is 10.3. The van der Waals surface area contributed by atoms with Gasteiger partial charge in [-0.1, -0.05) is 54.9 Å². The molecule has 0 amide bonds. The predicted molar refractivity (Wildman–Crippen MR) is 119 cm³/mol. The molecular weight excluding hydrogens is 457 g/mol. The smallest absolute Gasteiger partial charge is 0.416 e. The number of carbonyl (C=O) groups is 2. The van der Waals surface area contributed by atoms with E-state index in [0.717, 1.165) is 38.3 Å². The number of carbonyl (C=O) groups excluding carboxylic acids is 2. The van der Waals surface area contributed by atoms with Gasteiger partial charge in [0.05, 0.1) is 35.9 Å². The average Bonchev–Trinajstić information content (AvgIpc) is 2.82. The number of ether oxygens (including phenoxy) is 2. The summed E-state index contributed by atoms with van der Waals surface area (Å²) in [6.07, 6.45) is -3.72. The number of esters is 2. The minimum absolute atomic E-state index is 0.0784. The van der Waals surface area contributed by atoms with Crippen LogP contribution in [0.5, 0.6) is 0 Å². The van der Waals surface area contributed by atoms with Crippen molar-refractivity contribution in [2.75, 3.05) is 14.2 Å². The van der Waals surface area contributed by atoms with Gasteiger partial charge in [0.2, 0.25) is 0 Å². The van der Waals surface area contributed by atoms with Gasteiger partial charge in [-0.15, -0.1) is 0 Å². The normalized spacial score (nSPS) is 11.2. The van der Waals surface area contributed by atoms with Crippen LogP contribution in [0, 0.1) is 0 Å². The molecule has 3 aromatic carbocycles. The van der Waals surface area contributed by atoms with Crippen LogP contribution in [0.3, 0.4) is 0 Å². The van der Waals surface area contributed by atoms with Crippen LogP contribution in [0.1, 0.15) is 38.8 Å². The van der Waals surface area contributed by atoms with E-state index in [1.165, 1.54) is 18.2 Å². The molecule has 0 saturated carbocycles. The number of hydrogen-bond acceptors (Lipinski definition) is 4. The molecule has 0 aliphatic carbocycles. The highest BCUT2D eigenvalue weighted by atomic mass is 35.5. The summed E-state index contributed by atoms with van der Waals surface area (Å²) >= 11 is 6.73. The first-order chi connectivity index (χ1) is 15.6. The molecule has 0 bridgehead atoms. The Labute approximate surface area is 193 Å². The topological polar surface area (TPSA) is 52.6 Å². The predicted octanol–water partition coefficient (Wildman–Crippen LogP) is 6.83. The molecule has 172 valence electrons. The first kappa shape index (κ1) is 24.3. The SMILES string of the molecule is CCc1ccc(-c2cc(C(=O)OC)c(C(=O)OC)c(-c3ccc(C(F)(F)F)cc3)c2Cl)cc1. The van der Waals surface area contributed by atoms with E-state index < -0.39 is 23.7 Å². The highest BCUT2D eigenvalue weighted by Crippen LogP contribution is 2.42. The van der Waals surface area contributed by atoms with Crippen LogP contribution in [0.4, 0.5) is 13.2 Å². The largest absolute Gasteiger partial charge is 0.465 e. The zero-order valence-corrected chi connectivity index (χ0v) is 18.8. The van der Waals surface area contributed by atoms with E-state index in [0.29, 0.717) is 11.1 Å². The molecule has 0 spiro atoms. The Hall–Kier alpha value is -3.32. The summed E-state index contributed by atoms with van der Waals surface area (Å²) in [5, 5.41) is 0.0899. The monoisotopic (exact) mass is 476 g/mol. The van der Waals surface area contributed by atoms with E-state index in [1.54, 1.807) is 0 Å². The molecule has 0 atom stereocenters. The number of alkyl halides is 3. The van der Waals surface area contributed by atoms with Crippen LogP contribution in [0.2, 0.25) is 5.02 Å². The summed E-state index contributed by atoms with van der Waals surface area (Å²) in [6, 6.07) is 13.0. The highest BCUT2D eigenvalue weighted by molar-refractivity contribution is 6.37. The lowest BCUT2D eigenvalue weighted by atomic mass is 9.89. The second kappa shape index (κ2) is 9.67. The second-order valence-electron chi connectivity index (χ2n) is 7.14. The number of hydrogen-bond donors (Lipinski definition) is 0. The standard InChI is InChI=1S/C25H20ClF3O4/c1-4-14-5-7-15(8-6-14)18-13-19(23(30)32-2)21(24(31)33-3)20(22(18)26)16-9-11-17(12-10-16)25(27,28)29/h5-13H,4H2,1-3H3. The third-order valence-corrected chi connectivity index (χ3v) is 5.63. The molecule has 0 heterocycles. The molecule has 0 aliphatic heterocycles. The zero-order chi connectivity index (χ0) is 24.3. The maximum atomic E-state index is 13.1. The van der Waals surface area contributed by atoms with Crippen LogP contribution in [-0.4, -0.2) is 26.2 Å². The summed E-state index contributed by atoms with van der Waals surface area (Å²) in [6.45, 7) is 2.01. The summed E-state index contributed by atoms with van der Waals surface area (Å²) in [5.41, 5.74) is 1.29. The molecule has 0 saturated heterocycles. The minimum Gasteiger partial charge on any atom is -0.465 e. The van der Waals surface area contributed by atoms with Crippen LogP contribution in [-0.2, 0) is 22.1 Å². The number of aryl methyl sites for hydroxylation is 1. The van der Waals surface area contributed by atoms with Crippen LogP contribution >= 0.6 is 11.6 Å². The maximum absolute atomic E-state index is 13.1. The van der Waals surface area contributed by atoms with E-state index >= 15 is 0 Å². The van der Waals surface area contributed by atoms with Crippen molar-refractivity contribution in [1.82, 2.24) is 0 Å². The molecule has 8 heteroatoms. The maximum Gasteiger partial charge on any atom is 0.416 e. The third kappa shape index (κ3) is 4.88. The molecule has 0 fully saturated rings. The molecule has 0 unspecified atom stereocenters. The van der Waals surface area contributed by atoms with Crippen molar-refractivity contribution >= 4 is 23.5 Å². The van der Waals surface area contributed by atoms with E-state index in [4.69, 9.17) is 21.1 Å². The number of benzene rings is 3. The van der Waals surface area contributed by atoms with Gasteiger partial charge in [0.15, 0.2) is 0 Å². The van der Waals surface area contributed by atoms with Gasteiger partial charge < -0.3 is 9.47 Å². The quantitative estimate of drug-likeness (QED) is 0.379. The lowest BCUT2D eigenvalue weighted by Gasteiger charge is -2.18. The lowest BCUT2D eigenvalue weighted by Crippen LogP contribution is -2.14. The molecule has 3 aromatic rings. The van der Waals surface area contributed by atoms with Gasteiger partial charge in [0.1, 0.15) is 0 Å². The van der Waals surface area contributed by atoms with E-state index in [1.807, 2.05) is 31.2 Å². The number of methoxy groups -OCH3 is 2. The fourth-order valence-electron chi connectivity index (χ4n) is 3.47. The van der Waals surface area contributed by atoms with E-state index in [-0.39, 0.29) is 27.3 Å². The van der Waals surface area contributed by atoms with E-state index in [9.17, 15) is 22.8 Å². The van der Waals surface area contributed by atoms with Gasteiger partial charge >= 0.3 is 18.1 Å². The lowest BCUT2D eigenvalue weighted by molar-refractivity contribution is -0.137. The van der Waals surface area contributed by atoms with Gasteiger partial charge in [-0.2, -0.15) is 13.2 Å². The van der Waals surface area contributed by atoms with Crippen LogP contribution < -0.4 is 0 Å². The minimum atomic E-state index is -4.53. The zero-order valence-electron chi connectivity index (χ0n) is 18.0. The third-order valence-electron chi connectivity index (χ3n) is 5.23. The molecule has 3 rings (SSSR count). The molecule has 0 aromatic heterocycles. The van der Waals surface area contributed by atoms with Gasteiger partial charge in [0.25, 0.3) is 0 Å². The van der Waals surface area contributed by atoms with Crippen LogP contribution in [0.15, 0.2) is 54.6 Å². The number of halogens is 4. The van der Waals surface area contributed by atoms with E-state index in [2.05, 4.69) is 0 Å². The molecule has 0 N–H and O–H groups in total. The highest BCUT2D eigenvalue weighted by Gasteiger charge is 2.32. The van der Waals surface area contributed by atoms with Crippen molar-refractivity contribution in [3.63, 3.8) is 0 Å². The molecule has 0 aliphatic rings. The van der Waals surface area contributed by atoms with Crippen molar-refractivity contribution in [1.29, 1.82) is 0 Å². The Morgan fingerprint density at radius 1 is 0.879 bits per heavy atom. The fraction of sp³-hybridized carbons (Fsp3) is 0.200. The van der Waals surface area contributed by atoms with Crippen LogP contribution in [0.25, 0.3) is 22.3 Å². The van der Waals surface area contributed by atoms with Gasteiger partial charge in [-0.3, -0.25) is 0 Å². The Bertz CT molecular complexity index is 1180. The van der Waals surface area contributed by atoms with Crippen molar-refractivity contribution in [3.8, 4) is 22.3 Å². The molecule has 0 radical (unpaired) electrons. The van der Waals surface area contributed by atoms with Crippen molar-refractivity contribution < 1.29 is 32.2 Å². The van der Waals surface area contributed by atoms with Crippen molar-refractivity contribution in [2.24, 2.45) is 0 Å².